The van der Waals surface area contributed by atoms with Gasteiger partial charge in [-0.15, -0.1) is 0 Å². The lowest BCUT2D eigenvalue weighted by molar-refractivity contribution is -0.132. The highest BCUT2D eigenvalue weighted by Gasteiger charge is 2.31. The third-order valence-corrected chi connectivity index (χ3v) is 8.22. The van der Waals surface area contributed by atoms with Crippen molar-refractivity contribution in [1.82, 2.24) is 19.4 Å². The molecule has 222 valence electrons. The summed E-state index contributed by atoms with van der Waals surface area (Å²) in [5.74, 6) is 0.980. The predicted octanol–water partition coefficient (Wildman–Crippen LogP) is 5.50. The fraction of sp³-hybridized carbons (Fsp3) is 0.471. The molecule has 2 aliphatic rings. The summed E-state index contributed by atoms with van der Waals surface area (Å²) in [6.07, 6.45) is 3.27. The van der Waals surface area contributed by atoms with Gasteiger partial charge in [-0.3, -0.25) is 14.2 Å². The van der Waals surface area contributed by atoms with Crippen LogP contribution in [0.1, 0.15) is 80.7 Å². The van der Waals surface area contributed by atoms with E-state index in [1.54, 1.807) is 9.47 Å². The number of carbonyl (C=O) groups excluding carboxylic acids is 2. The van der Waals surface area contributed by atoms with Gasteiger partial charge < -0.3 is 14.5 Å². The van der Waals surface area contributed by atoms with Crippen molar-refractivity contribution in [2.45, 2.75) is 78.0 Å². The van der Waals surface area contributed by atoms with Crippen molar-refractivity contribution in [3.05, 3.63) is 99.2 Å². The summed E-state index contributed by atoms with van der Waals surface area (Å²) in [7, 11) is 0. The summed E-state index contributed by atoms with van der Waals surface area (Å²) in [5, 5.41) is 0. The maximum absolute atomic E-state index is 14.0. The molecule has 3 aromatic rings. The van der Waals surface area contributed by atoms with Crippen molar-refractivity contribution in [3.8, 4) is 0 Å². The number of rotatable bonds is 6. The van der Waals surface area contributed by atoms with E-state index in [1.807, 2.05) is 93.3 Å². The minimum Gasteiger partial charge on any atom is -0.444 e. The molecule has 8 heteroatoms. The number of nitrogens with zero attached hydrogens (tertiary/aromatic N) is 4. The Labute approximate surface area is 248 Å². The summed E-state index contributed by atoms with van der Waals surface area (Å²) < 4.78 is 7.36. The highest BCUT2D eigenvalue weighted by Crippen LogP contribution is 2.28. The molecule has 0 spiro atoms. The minimum atomic E-state index is -0.524. The Morgan fingerprint density at radius 1 is 0.976 bits per heavy atom. The SMILES string of the molecule is Cc1nc2c(c(=O)n1C(c1ccccc1)c1ccccc1)CCN(C(=O)CCC1CCCN(C(=O)OC(C)(C)C)C1)C2. The van der Waals surface area contributed by atoms with E-state index in [2.05, 4.69) is 0 Å². The first-order valence-corrected chi connectivity index (χ1v) is 15.1. The van der Waals surface area contributed by atoms with Gasteiger partial charge in [0.05, 0.1) is 18.3 Å². The molecule has 0 aliphatic carbocycles. The molecule has 1 fully saturated rings. The van der Waals surface area contributed by atoms with Gasteiger partial charge in [0.25, 0.3) is 5.56 Å². The number of carbonyl (C=O) groups is 2. The first kappa shape index (κ1) is 29.5. The van der Waals surface area contributed by atoms with Crippen LogP contribution in [0.25, 0.3) is 0 Å². The zero-order chi connectivity index (χ0) is 29.9. The van der Waals surface area contributed by atoms with Gasteiger partial charge in [-0.1, -0.05) is 60.7 Å². The third-order valence-electron chi connectivity index (χ3n) is 8.22. The molecule has 0 N–H and O–H groups in total. The Morgan fingerprint density at radius 2 is 1.62 bits per heavy atom. The monoisotopic (exact) mass is 570 g/mol. The van der Waals surface area contributed by atoms with Crippen LogP contribution >= 0.6 is 0 Å². The highest BCUT2D eigenvalue weighted by atomic mass is 16.6. The van der Waals surface area contributed by atoms with Gasteiger partial charge in [0.15, 0.2) is 0 Å². The molecule has 1 unspecified atom stereocenters. The molecular weight excluding hydrogens is 528 g/mol. The van der Waals surface area contributed by atoms with Crippen LogP contribution in [0, 0.1) is 12.8 Å². The Balaban J connectivity index is 1.28. The largest absolute Gasteiger partial charge is 0.444 e. The number of fused-ring (bicyclic) bond motifs is 1. The summed E-state index contributed by atoms with van der Waals surface area (Å²) >= 11 is 0. The van der Waals surface area contributed by atoms with Crippen LogP contribution in [0.2, 0.25) is 0 Å². The van der Waals surface area contributed by atoms with Gasteiger partial charge in [-0.2, -0.15) is 0 Å². The topological polar surface area (TPSA) is 84.7 Å². The van der Waals surface area contributed by atoms with Crippen molar-refractivity contribution in [2.24, 2.45) is 5.92 Å². The molecule has 0 bridgehead atoms. The fourth-order valence-corrected chi connectivity index (χ4v) is 6.18. The Bertz CT molecular complexity index is 1420. The van der Waals surface area contributed by atoms with Gasteiger partial charge >= 0.3 is 6.09 Å². The van der Waals surface area contributed by atoms with Crippen molar-refractivity contribution >= 4 is 12.0 Å². The van der Waals surface area contributed by atoms with Crippen LogP contribution in [0.5, 0.6) is 0 Å². The van der Waals surface area contributed by atoms with E-state index < -0.39 is 5.60 Å². The van der Waals surface area contributed by atoms with E-state index in [4.69, 9.17) is 9.72 Å². The number of hydrogen-bond acceptors (Lipinski definition) is 5. The van der Waals surface area contributed by atoms with E-state index in [0.717, 1.165) is 30.4 Å². The summed E-state index contributed by atoms with van der Waals surface area (Å²) in [5.41, 5.74) is 2.88. The van der Waals surface area contributed by atoms with Crippen LogP contribution in [-0.4, -0.2) is 56.6 Å². The van der Waals surface area contributed by atoms with E-state index in [-0.39, 0.29) is 29.5 Å². The molecule has 2 aliphatic heterocycles. The van der Waals surface area contributed by atoms with Gasteiger partial charge in [-0.25, -0.2) is 9.78 Å². The van der Waals surface area contributed by atoms with Gasteiger partial charge in [0.2, 0.25) is 5.91 Å². The number of aromatic nitrogens is 2. The lowest BCUT2D eigenvalue weighted by atomic mass is 9.93. The molecular formula is C34H42N4O4. The predicted molar refractivity (Wildman–Crippen MR) is 162 cm³/mol. The van der Waals surface area contributed by atoms with E-state index >= 15 is 0 Å². The summed E-state index contributed by atoms with van der Waals surface area (Å²) in [6, 6.07) is 19.8. The number of likely N-dealkylation sites (tertiary alicyclic amines) is 1. The number of piperidine rings is 1. The molecule has 5 rings (SSSR count). The summed E-state index contributed by atoms with van der Waals surface area (Å²) in [4.78, 5) is 48.3. The lowest BCUT2D eigenvalue weighted by Gasteiger charge is -2.34. The zero-order valence-electron chi connectivity index (χ0n) is 25.2. The first-order chi connectivity index (χ1) is 20.1. The second-order valence-electron chi connectivity index (χ2n) is 12.5. The van der Waals surface area contributed by atoms with E-state index in [1.165, 1.54) is 0 Å². The smallest absolute Gasteiger partial charge is 0.410 e. The minimum absolute atomic E-state index is 0.0354. The molecule has 0 saturated carbocycles. The maximum atomic E-state index is 14.0. The lowest BCUT2D eigenvalue weighted by Crippen LogP contribution is -2.43. The zero-order valence-corrected chi connectivity index (χ0v) is 25.2. The van der Waals surface area contributed by atoms with Crippen LogP contribution in [-0.2, 0) is 22.5 Å². The van der Waals surface area contributed by atoms with E-state index in [9.17, 15) is 14.4 Å². The van der Waals surface area contributed by atoms with Gasteiger partial charge in [0.1, 0.15) is 11.4 Å². The average molecular weight is 571 g/mol. The maximum Gasteiger partial charge on any atom is 0.410 e. The average Bonchev–Trinajstić information content (AvgIpc) is 2.98. The van der Waals surface area contributed by atoms with E-state index in [0.29, 0.717) is 56.1 Å². The number of benzene rings is 2. The molecule has 3 heterocycles. The second-order valence-corrected chi connectivity index (χ2v) is 12.5. The van der Waals surface area contributed by atoms with Crippen molar-refractivity contribution < 1.29 is 14.3 Å². The fourth-order valence-electron chi connectivity index (χ4n) is 6.18. The Hall–Kier alpha value is -3.94. The molecule has 1 aromatic heterocycles. The molecule has 1 atom stereocenters. The molecule has 2 aromatic carbocycles. The van der Waals surface area contributed by atoms with Crippen molar-refractivity contribution in [3.63, 3.8) is 0 Å². The van der Waals surface area contributed by atoms with Crippen LogP contribution in [0.15, 0.2) is 65.5 Å². The molecule has 42 heavy (non-hydrogen) atoms. The second kappa shape index (κ2) is 12.5. The Kier molecular flexibility index (Phi) is 8.80. The quantitative estimate of drug-likeness (QED) is 0.391. The Morgan fingerprint density at radius 3 is 2.24 bits per heavy atom. The molecule has 1 saturated heterocycles. The van der Waals surface area contributed by atoms with Crippen LogP contribution in [0.4, 0.5) is 4.79 Å². The third kappa shape index (κ3) is 6.75. The number of amides is 2. The molecule has 0 radical (unpaired) electrons. The highest BCUT2D eigenvalue weighted by molar-refractivity contribution is 5.76. The summed E-state index contributed by atoms with van der Waals surface area (Å²) in [6.45, 7) is 9.66. The van der Waals surface area contributed by atoms with Crippen LogP contribution < -0.4 is 5.56 Å². The molecule has 8 nitrogen and oxygen atoms in total. The number of aryl methyl sites for hydroxylation is 1. The van der Waals surface area contributed by atoms with Crippen molar-refractivity contribution in [1.29, 1.82) is 0 Å². The normalized spacial score (nSPS) is 17.2. The standard InChI is InChI=1S/C34H42N4O4/c1-24-35-29-23-36(30(39)18-17-25-12-11-20-37(22-25)33(41)42-34(2,3)4)21-19-28(29)32(40)38(24)31(26-13-7-5-8-14-26)27-15-9-6-10-16-27/h5-10,13-16,25,31H,11-12,17-23H2,1-4H3. The van der Waals surface area contributed by atoms with Crippen LogP contribution in [0.3, 0.4) is 0 Å². The van der Waals surface area contributed by atoms with Crippen molar-refractivity contribution in [2.75, 3.05) is 19.6 Å². The number of hydrogen-bond donors (Lipinski definition) is 0. The van der Waals surface area contributed by atoms with Gasteiger partial charge in [-0.05, 0) is 70.4 Å². The van der Waals surface area contributed by atoms with Gasteiger partial charge in [0, 0.05) is 31.6 Å². The molecule has 2 amide bonds. The number of ether oxygens (including phenoxy) is 1. The first-order valence-electron chi connectivity index (χ1n) is 15.1.